The molecular weight excluding hydrogens is 336 g/mol. The fraction of sp³-hybridized carbons (Fsp3) is 0.471. The number of hydrogen-bond donors (Lipinski definition) is 1. The lowest BCUT2D eigenvalue weighted by Crippen LogP contribution is -2.24. The van der Waals surface area contributed by atoms with Crippen molar-refractivity contribution in [1.29, 1.82) is 0 Å². The monoisotopic (exact) mass is 358 g/mol. The van der Waals surface area contributed by atoms with Gasteiger partial charge in [-0.3, -0.25) is 24.5 Å². The fourth-order valence-electron chi connectivity index (χ4n) is 3.51. The van der Waals surface area contributed by atoms with Crippen molar-refractivity contribution in [1.82, 2.24) is 19.7 Å². The number of hydrogen-bond acceptors (Lipinski definition) is 6. The zero-order valence-corrected chi connectivity index (χ0v) is 15.1. The molecule has 1 aliphatic heterocycles. The Morgan fingerprint density at radius 1 is 1.46 bits per heavy atom. The van der Waals surface area contributed by atoms with Gasteiger partial charge >= 0.3 is 5.69 Å². The van der Waals surface area contributed by atoms with Gasteiger partial charge in [-0.15, -0.1) is 0 Å². The van der Waals surface area contributed by atoms with Gasteiger partial charge in [0.15, 0.2) is 0 Å². The molecule has 1 N–H and O–H groups in total. The molecule has 1 atom stereocenters. The number of nitro groups is 1. The maximum Gasteiger partial charge on any atom is 0.312 e. The zero-order valence-electron chi connectivity index (χ0n) is 15.1. The summed E-state index contributed by atoms with van der Waals surface area (Å²) in [4.78, 5) is 29.7. The van der Waals surface area contributed by atoms with E-state index >= 15 is 0 Å². The van der Waals surface area contributed by atoms with Crippen molar-refractivity contribution >= 4 is 17.4 Å². The highest BCUT2D eigenvalue weighted by atomic mass is 16.6. The van der Waals surface area contributed by atoms with Crippen LogP contribution in [0, 0.1) is 24.0 Å². The minimum atomic E-state index is -0.473. The lowest BCUT2D eigenvalue weighted by Gasteiger charge is -2.22. The molecule has 0 radical (unpaired) electrons. The maximum atomic E-state index is 12.5. The molecule has 1 fully saturated rings. The van der Waals surface area contributed by atoms with Crippen molar-refractivity contribution in [2.24, 2.45) is 0 Å². The van der Waals surface area contributed by atoms with E-state index in [9.17, 15) is 14.9 Å². The quantitative estimate of drug-likeness (QED) is 0.649. The molecule has 1 saturated heterocycles. The maximum absolute atomic E-state index is 12.5. The number of amides is 1. The summed E-state index contributed by atoms with van der Waals surface area (Å²) in [6, 6.07) is 4.07. The van der Waals surface area contributed by atoms with Gasteiger partial charge < -0.3 is 5.32 Å². The van der Waals surface area contributed by atoms with Crippen molar-refractivity contribution in [2.45, 2.75) is 39.3 Å². The van der Waals surface area contributed by atoms with Gasteiger partial charge in [0.25, 0.3) is 0 Å². The van der Waals surface area contributed by atoms with E-state index in [1.54, 1.807) is 20.0 Å². The molecule has 138 valence electrons. The molecule has 26 heavy (non-hydrogen) atoms. The highest BCUT2D eigenvalue weighted by molar-refractivity contribution is 5.90. The molecule has 1 unspecified atom stereocenters. The van der Waals surface area contributed by atoms with Crippen LogP contribution in [0.15, 0.2) is 18.3 Å². The summed E-state index contributed by atoms with van der Waals surface area (Å²) in [5, 5.41) is 18.0. The molecule has 3 heterocycles. The molecule has 1 amide bonds. The van der Waals surface area contributed by atoms with E-state index in [4.69, 9.17) is 0 Å². The second kappa shape index (κ2) is 7.20. The third-order valence-electron chi connectivity index (χ3n) is 4.80. The van der Waals surface area contributed by atoms with Gasteiger partial charge in [0.1, 0.15) is 23.8 Å². The third kappa shape index (κ3) is 3.43. The smallest absolute Gasteiger partial charge is 0.309 e. The van der Waals surface area contributed by atoms with Gasteiger partial charge in [-0.1, -0.05) is 6.07 Å². The van der Waals surface area contributed by atoms with E-state index in [1.807, 2.05) is 12.1 Å². The fourth-order valence-corrected chi connectivity index (χ4v) is 3.51. The number of rotatable bonds is 5. The van der Waals surface area contributed by atoms with Crippen molar-refractivity contribution in [2.75, 3.05) is 18.9 Å². The number of aromatic nitrogens is 3. The zero-order chi connectivity index (χ0) is 18.8. The van der Waals surface area contributed by atoms with Crippen LogP contribution in [0.2, 0.25) is 0 Å². The van der Waals surface area contributed by atoms with Crippen molar-refractivity contribution < 1.29 is 9.72 Å². The topological polar surface area (TPSA) is 106 Å². The molecule has 2 aromatic heterocycles. The van der Waals surface area contributed by atoms with E-state index in [-0.39, 0.29) is 24.2 Å². The summed E-state index contributed by atoms with van der Waals surface area (Å²) >= 11 is 0. The Morgan fingerprint density at radius 2 is 2.23 bits per heavy atom. The van der Waals surface area contributed by atoms with E-state index in [2.05, 4.69) is 27.3 Å². The molecular formula is C17H22N6O3. The van der Waals surface area contributed by atoms with Crippen molar-refractivity contribution in [3.05, 3.63) is 45.4 Å². The van der Waals surface area contributed by atoms with Crippen molar-refractivity contribution in [3.63, 3.8) is 0 Å². The standard InChI is InChI=1S/C17H22N6O3/c1-11-16(23(25)26)12(2)22(20-11)10-15(24)19-17-13(6-4-8-18-17)14-7-5-9-21(14)3/h4,6,8,14H,5,7,9-10H2,1-3H3,(H,18,19,24). The van der Waals surface area contributed by atoms with Gasteiger partial charge in [-0.2, -0.15) is 5.10 Å². The van der Waals surface area contributed by atoms with Gasteiger partial charge in [-0.05, 0) is 46.3 Å². The minimum Gasteiger partial charge on any atom is -0.309 e. The van der Waals surface area contributed by atoms with Gasteiger partial charge in [-0.25, -0.2) is 4.98 Å². The van der Waals surface area contributed by atoms with Crippen LogP contribution in [-0.2, 0) is 11.3 Å². The highest BCUT2D eigenvalue weighted by Crippen LogP contribution is 2.33. The molecule has 0 bridgehead atoms. The normalized spacial score (nSPS) is 17.4. The number of anilines is 1. The Morgan fingerprint density at radius 3 is 2.85 bits per heavy atom. The first kappa shape index (κ1) is 18.0. The SMILES string of the molecule is Cc1nn(CC(=O)Nc2ncccc2C2CCCN2C)c(C)c1[N+](=O)[O-]. The summed E-state index contributed by atoms with van der Waals surface area (Å²) in [5.74, 6) is 0.221. The van der Waals surface area contributed by atoms with E-state index in [0.29, 0.717) is 17.2 Å². The first-order chi connectivity index (χ1) is 12.4. The molecule has 1 aliphatic rings. The molecule has 2 aromatic rings. The molecule has 9 nitrogen and oxygen atoms in total. The molecule has 0 spiro atoms. The number of likely N-dealkylation sites (tertiary alicyclic amines) is 1. The number of nitrogens with one attached hydrogen (secondary N) is 1. The molecule has 0 aliphatic carbocycles. The third-order valence-corrected chi connectivity index (χ3v) is 4.80. The lowest BCUT2D eigenvalue weighted by molar-refractivity contribution is -0.386. The Balaban J connectivity index is 1.78. The Hall–Kier alpha value is -2.81. The summed E-state index contributed by atoms with van der Waals surface area (Å²) in [6.07, 6.45) is 3.77. The first-order valence-electron chi connectivity index (χ1n) is 8.52. The Kier molecular flexibility index (Phi) is 4.99. The Bertz CT molecular complexity index is 847. The summed E-state index contributed by atoms with van der Waals surface area (Å²) in [6.45, 7) is 4.07. The van der Waals surface area contributed by atoms with Gasteiger partial charge in [0.05, 0.1) is 4.92 Å². The summed E-state index contributed by atoms with van der Waals surface area (Å²) in [5.41, 5.74) is 1.59. The predicted octanol–water partition coefficient (Wildman–Crippen LogP) is 2.21. The van der Waals surface area contributed by atoms with Crippen LogP contribution in [0.5, 0.6) is 0 Å². The summed E-state index contributed by atoms with van der Waals surface area (Å²) in [7, 11) is 2.06. The number of nitrogens with zero attached hydrogens (tertiary/aromatic N) is 5. The number of carbonyl (C=O) groups excluding carboxylic acids is 1. The molecule has 3 rings (SSSR count). The van der Waals surface area contributed by atoms with Crippen molar-refractivity contribution in [3.8, 4) is 0 Å². The van der Waals surface area contributed by atoms with Crippen LogP contribution >= 0.6 is 0 Å². The lowest BCUT2D eigenvalue weighted by atomic mass is 10.1. The minimum absolute atomic E-state index is 0.0519. The van der Waals surface area contributed by atoms with Crippen LogP contribution in [0.25, 0.3) is 0 Å². The van der Waals surface area contributed by atoms with E-state index in [1.165, 1.54) is 4.68 Å². The average Bonchev–Trinajstić information content (AvgIpc) is 3.11. The second-order valence-corrected chi connectivity index (χ2v) is 6.56. The van der Waals surface area contributed by atoms with Crippen LogP contribution in [0.3, 0.4) is 0 Å². The number of aryl methyl sites for hydroxylation is 1. The van der Waals surface area contributed by atoms with Crippen LogP contribution in [0.1, 0.15) is 35.8 Å². The van der Waals surface area contributed by atoms with E-state index < -0.39 is 4.92 Å². The Labute approximate surface area is 151 Å². The predicted molar refractivity (Wildman–Crippen MR) is 95.8 cm³/mol. The number of pyridine rings is 1. The molecule has 9 heteroatoms. The van der Waals surface area contributed by atoms with Crippen LogP contribution < -0.4 is 5.32 Å². The first-order valence-corrected chi connectivity index (χ1v) is 8.52. The summed E-state index contributed by atoms with van der Waals surface area (Å²) < 4.78 is 1.35. The highest BCUT2D eigenvalue weighted by Gasteiger charge is 2.26. The number of carbonyl (C=O) groups is 1. The van der Waals surface area contributed by atoms with Crippen LogP contribution in [0.4, 0.5) is 11.5 Å². The van der Waals surface area contributed by atoms with Gasteiger partial charge in [0, 0.05) is 17.8 Å². The molecule has 0 aromatic carbocycles. The van der Waals surface area contributed by atoms with E-state index in [0.717, 1.165) is 24.9 Å². The average molecular weight is 358 g/mol. The second-order valence-electron chi connectivity index (χ2n) is 6.56. The molecule has 0 saturated carbocycles. The van der Waals surface area contributed by atoms with Gasteiger partial charge in [0.2, 0.25) is 5.91 Å². The largest absolute Gasteiger partial charge is 0.312 e. The van der Waals surface area contributed by atoms with Crippen LogP contribution in [-0.4, -0.2) is 44.1 Å².